The Bertz CT molecular complexity index is 156. The van der Waals surface area contributed by atoms with Crippen molar-refractivity contribution < 1.29 is 0 Å². The van der Waals surface area contributed by atoms with Crippen molar-refractivity contribution in [3.05, 3.63) is 0 Å². The van der Waals surface area contributed by atoms with Crippen LogP contribution in [0.4, 0.5) is 0 Å². The van der Waals surface area contributed by atoms with Gasteiger partial charge in [-0.05, 0) is 31.7 Å². The predicted molar refractivity (Wildman–Crippen MR) is 72.8 cm³/mol. The lowest BCUT2D eigenvalue weighted by Gasteiger charge is -2.19. The Hall–Kier alpha value is -0.0400. The summed E-state index contributed by atoms with van der Waals surface area (Å²) in [7, 11) is 0. The molecule has 1 fully saturated rings. The minimum Gasteiger partial charge on any atom is -0.314 e. The van der Waals surface area contributed by atoms with E-state index in [-0.39, 0.29) is 0 Å². The van der Waals surface area contributed by atoms with Crippen molar-refractivity contribution in [1.82, 2.24) is 5.32 Å². The normalized spacial score (nSPS) is 25.1. The van der Waals surface area contributed by atoms with E-state index in [0.29, 0.717) is 0 Å². The van der Waals surface area contributed by atoms with Gasteiger partial charge in [0.2, 0.25) is 0 Å². The molecule has 1 aliphatic rings. The molecule has 0 bridgehead atoms. The van der Waals surface area contributed by atoms with Crippen molar-refractivity contribution >= 4 is 0 Å². The number of rotatable bonds is 9. The quantitative estimate of drug-likeness (QED) is 0.569. The Labute approximate surface area is 102 Å². The van der Waals surface area contributed by atoms with Gasteiger partial charge in [0.15, 0.2) is 0 Å². The smallest absolute Gasteiger partial charge is 0.00958 e. The molecule has 1 aliphatic heterocycles. The molecule has 1 N–H and O–H groups in total. The van der Waals surface area contributed by atoms with E-state index >= 15 is 0 Å². The van der Waals surface area contributed by atoms with E-state index in [1.54, 1.807) is 0 Å². The second-order valence-corrected chi connectivity index (χ2v) is 5.45. The van der Waals surface area contributed by atoms with Crippen LogP contribution in [-0.2, 0) is 0 Å². The third-order valence-corrected chi connectivity index (χ3v) is 4.04. The molecule has 1 rings (SSSR count). The lowest BCUT2D eigenvalue weighted by atomic mass is 9.91. The Morgan fingerprint density at radius 1 is 0.875 bits per heavy atom. The summed E-state index contributed by atoms with van der Waals surface area (Å²) >= 11 is 0. The first-order chi connectivity index (χ1) is 7.88. The molecule has 0 aromatic rings. The van der Waals surface area contributed by atoms with Crippen LogP contribution in [-0.4, -0.2) is 12.6 Å². The average molecular weight is 225 g/mol. The van der Waals surface area contributed by atoms with E-state index in [2.05, 4.69) is 19.2 Å². The molecule has 16 heavy (non-hydrogen) atoms. The van der Waals surface area contributed by atoms with Crippen LogP contribution in [0.15, 0.2) is 0 Å². The fourth-order valence-corrected chi connectivity index (χ4v) is 2.94. The summed E-state index contributed by atoms with van der Waals surface area (Å²) in [5, 5.41) is 3.71. The van der Waals surface area contributed by atoms with Gasteiger partial charge in [0.05, 0.1) is 0 Å². The fraction of sp³-hybridized carbons (Fsp3) is 1.00. The number of unbranched alkanes of at least 4 members (excludes halogenated alkanes) is 5. The maximum Gasteiger partial charge on any atom is 0.00958 e. The monoisotopic (exact) mass is 225 g/mol. The Morgan fingerprint density at radius 2 is 1.62 bits per heavy atom. The molecule has 0 amide bonds. The molecule has 0 aliphatic carbocycles. The van der Waals surface area contributed by atoms with Crippen LogP contribution in [0.2, 0.25) is 0 Å². The highest BCUT2D eigenvalue weighted by Crippen LogP contribution is 2.25. The van der Waals surface area contributed by atoms with Crippen LogP contribution in [0.25, 0.3) is 0 Å². The highest BCUT2D eigenvalue weighted by molar-refractivity contribution is 4.83. The summed E-state index contributed by atoms with van der Waals surface area (Å²) in [6.45, 7) is 5.87. The molecule has 0 radical (unpaired) electrons. The molecule has 1 heteroatoms. The van der Waals surface area contributed by atoms with Crippen molar-refractivity contribution in [2.75, 3.05) is 6.54 Å². The topological polar surface area (TPSA) is 12.0 Å². The second-order valence-electron chi connectivity index (χ2n) is 5.45. The van der Waals surface area contributed by atoms with Gasteiger partial charge < -0.3 is 5.32 Å². The molecule has 1 heterocycles. The van der Waals surface area contributed by atoms with Crippen molar-refractivity contribution in [2.45, 2.75) is 84.1 Å². The lowest BCUT2D eigenvalue weighted by Crippen LogP contribution is -2.26. The van der Waals surface area contributed by atoms with Gasteiger partial charge in [-0.1, -0.05) is 58.8 Å². The predicted octanol–water partition coefficient (Wildman–Crippen LogP) is 4.52. The van der Waals surface area contributed by atoms with E-state index in [9.17, 15) is 0 Å². The number of hydrogen-bond acceptors (Lipinski definition) is 1. The molecule has 1 saturated heterocycles. The zero-order valence-electron chi connectivity index (χ0n) is 11.4. The highest BCUT2D eigenvalue weighted by Gasteiger charge is 2.25. The zero-order valence-corrected chi connectivity index (χ0v) is 11.4. The SMILES string of the molecule is CCCCCCCC1NCCC1CCCC. The minimum atomic E-state index is 0.855. The molecule has 1 nitrogen and oxygen atoms in total. The zero-order chi connectivity index (χ0) is 11.6. The third-order valence-electron chi connectivity index (χ3n) is 4.04. The summed E-state index contributed by atoms with van der Waals surface area (Å²) in [5.74, 6) is 0.992. The minimum absolute atomic E-state index is 0.855. The van der Waals surface area contributed by atoms with Crippen molar-refractivity contribution in [3.63, 3.8) is 0 Å². The highest BCUT2D eigenvalue weighted by atomic mass is 14.9. The van der Waals surface area contributed by atoms with Crippen molar-refractivity contribution in [1.29, 1.82) is 0 Å². The van der Waals surface area contributed by atoms with E-state index in [4.69, 9.17) is 0 Å². The Kier molecular flexibility index (Phi) is 7.92. The molecule has 0 saturated carbocycles. The molecule has 0 aromatic carbocycles. The van der Waals surface area contributed by atoms with Crippen molar-refractivity contribution in [2.24, 2.45) is 5.92 Å². The van der Waals surface area contributed by atoms with Gasteiger partial charge in [0, 0.05) is 6.04 Å². The Balaban J connectivity index is 2.05. The first-order valence-electron chi connectivity index (χ1n) is 7.61. The van der Waals surface area contributed by atoms with Crippen LogP contribution < -0.4 is 5.32 Å². The molecule has 2 unspecified atom stereocenters. The number of nitrogens with one attached hydrogen (secondary N) is 1. The van der Waals surface area contributed by atoms with Gasteiger partial charge in [0.1, 0.15) is 0 Å². The first-order valence-corrected chi connectivity index (χ1v) is 7.61. The Morgan fingerprint density at radius 3 is 2.38 bits per heavy atom. The second kappa shape index (κ2) is 9.04. The molecule has 2 atom stereocenters. The molecule has 96 valence electrons. The third kappa shape index (κ3) is 5.34. The maximum absolute atomic E-state index is 3.71. The molecular formula is C15H31N. The maximum atomic E-state index is 3.71. The molecular weight excluding hydrogens is 194 g/mol. The summed E-state index contributed by atoms with van der Waals surface area (Å²) in [4.78, 5) is 0. The van der Waals surface area contributed by atoms with Crippen LogP contribution >= 0.6 is 0 Å². The molecule has 0 aromatic heterocycles. The van der Waals surface area contributed by atoms with Crippen molar-refractivity contribution in [3.8, 4) is 0 Å². The number of hydrogen-bond donors (Lipinski definition) is 1. The van der Waals surface area contributed by atoms with E-state index in [1.165, 1.54) is 70.8 Å². The van der Waals surface area contributed by atoms with E-state index in [1.807, 2.05) is 0 Å². The van der Waals surface area contributed by atoms with Gasteiger partial charge in [0.25, 0.3) is 0 Å². The van der Waals surface area contributed by atoms with E-state index in [0.717, 1.165) is 12.0 Å². The fourth-order valence-electron chi connectivity index (χ4n) is 2.94. The average Bonchev–Trinajstić information content (AvgIpc) is 2.74. The van der Waals surface area contributed by atoms with Crippen LogP contribution in [0.3, 0.4) is 0 Å². The van der Waals surface area contributed by atoms with Crippen LogP contribution in [0.1, 0.15) is 78.1 Å². The first kappa shape index (κ1) is 14.0. The van der Waals surface area contributed by atoms with Gasteiger partial charge in [-0.15, -0.1) is 0 Å². The van der Waals surface area contributed by atoms with Crippen LogP contribution in [0.5, 0.6) is 0 Å². The standard InChI is InChI=1S/C15H31N/c1-3-5-7-8-9-11-15-14(10-6-4-2)12-13-16-15/h14-16H,3-13H2,1-2H3. The van der Waals surface area contributed by atoms with Gasteiger partial charge in [-0.25, -0.2) is 0 Å². The lowest BCUT2D eigenvalue weighted by molar-refractivity contribution is 0.376. The van der Waals surface area contributed by atoms with Gasteiger partial charge >= 0.3 is 0 Å². The van der Waals surface area contributed by atoms with Gasteiger partial charge in [-0.3, -0.25) is 0 Å². The largest absolute Gasteiger partial charge is 0.314 e. The van der Waals surface area contributed by atoms with Gasteiger partial charge in [-0.2, -0.15) is 0 Å². The summed E-state index contributed by atoms with van der Waals surface area (Å²) in [6, 6.07) is 0.855. The molecule has 0 spiro atoms. The van der Waals surface area contributed by atoms with E-state index < -0.39 is 0 Å². The summed E-state index contributed by atoms with van der Waals surface area (Å²) in [5.41, 5.74) is 0. The summed E-state index contributed by atoms with van der Waals surface area (Å²) < 4.78 is 0. The summed E-state index contributed by atoms with van der Waals surface area (Å²) in [6.07, 6.45) is 14.2. The van der Waals surface area contributed by atoms with Crippen LogP contribution in [0, 0.1) is 5.92 Å².